The molecule has 0 aliphatic carbocycles. The number of carbonyl (C=O) groups is 1. The van der Waals surface area contributed by atoms with Crippen LogP contribution in [0.25, 0.3) is 0 Å². The predicted octanol–water partition coefficient (Wildman–Crippen LogP) is 3.28. The Balaban J connectivity index is 1.43. The summed E-state index contributed by atoms with van der Waals surface area (Å²) in [5, 5.41) is 20.9. The van der Waals surface area contributed by atoms with Crippen molar-refractivity contribution in [3.63, 3.8) is 0 Å². The van der Waals surface area contributed by atoms with E-state index in [1.165, 1.54) is 18.2 Å². The summed E-state index contributed by atoms with van der Waals surface area (Å²) in [4.78, 5) is 15.5. The Morgan fingerprint density at radius 2 is 1.78 bits per heavy atom. The molecule has 0 saturated carbocycles. The number of rotatable bonds is 6. The van der Waals surface area contributed by atoms with Gasteiger partial charge in [-0.05, 0) is 60.5 Å². The van der Waals surface area contributed by atoms with E-state index in [1.807, 2.05) is 25.1 Å². The van der Waals surface area contributed by atoms with Gasteiger partial charge in [0.2, 0.25) is 12.7 Å². The van der Waals surface area contributed by atoms with Gasteiger partial charge in [-0.1, -0.05) is 12.1 Å². The molecule has 37 heavy (non-hydrogen) atoms. The van der Waals surface area contributed by atoms with Crippen molar-refractivity contribution in [2.45, 2.75) is 31.6 Å². The smallest absolute Gasteiger partial charge is 0.242 e. The van der Waals surface area contributed by atoms with E-state index < -0.39 is 29.9 Å². The second-order valence-corrected chi connectivity index (χ2v) is 9.28. The Morgan fingerprint density at radius 3 is 2.62 bits per heavy atom. The van der Waals surface area contributed by atoms with Gasteiger partial charge in [0.25, 0.3) is 0 Å². The van der Waals surface area contributed by atoms with Gasteiger partial charge in [-0.15, -0.1) is 0 Å². The van der Waals surface area contributed by atoms with Crippen LogP contribution in [0.5, 0.6) is 28.7 Å². The van der Waals surface area contributed by atoms with E-state index in [0.29, 0.717) is 29.4 Å². The first kappa shape index (κ1) is 23.4. The molecule has 2 fully saturated rings. The number of amides is 1. The lowest BCUT2D eigenvalue weighted by Gasteiger charge is -2.32. The van der Waals surface area contributed by atoms with Crippen molar-refractivity contribution in [1.82, 2.24) is 15.8 Å². The number of aromatic hydroxyl groups is 2. The summed E-state index contributed by atoms with van der Waals surface area (Å²) in [6, 6.07) is 12.7. The van der Waals surface area contributed by atoms with Gasteiger partial charge in [0, 0.05) is 18.0 Å². The third kappa shape index (κ3) is 3.98. The molecule has 4 unspecified atom stereocenters. The molecule has 2 saturated heterocycles. The van der Waals surface area contributed by atoms with Crippen molar-refractivity contribution in [2.24, 2.45) is 5.92 Å². The van der Waals surface area contributed by atoms with E-state index >= 15 is 0 Å². The van der Waals surface area contributed by atoms with Crippen LogP contribution in [0.3, 0.4) is 0 Å². The molecule has 4 N–H and O–H groups in total. The third-order valence-corrected chi connectivity index (χ3v) is 7.15. The Kier molecular flexibility index (Phi) is 5.77. The minimum absolute atomic E-state index is 0.00390. The van der Waals surface area contributed by atoms with Crippen molar-refractivity contribution < 1.29 is 33.6 Å². The van der Waals surface area contributed by atoms with Gasteiger partial charge in [-0.2, -0.15) is 0 Å². The molecule has 9 nitrogen and oxygen atoms in total. The Hall–Kier alpha value is -4.02. The number of phenolic OH excluding ortho intramolecular Hbond substituents is 2. The van der Waals surface area contributed by atoms with Gasteiger partial charge >= 0.3 is 0 Å². The molecule has 6 rings (SSSR count). The summed E-state index contributed by atoms with van der Waals surface area (Å²) < 4.78 is 30.7. The minimum atomic E-state index is -0.629. The fraction of sp³-hybridized carbons (Fsp3) is 0.296. The maximum Gasteiger partial charge on any atom is 0.242 e. The van der Waals surface area contributed by atoms with Crippen LogP contribution in [0.1, 0.15) is 35.7 Å². The Morgan fingerprint density at radius 1 is 1.00 bits per heavy atom. The number of nitrogens with zero attached hydrogens (tertiary/aromatic N) is 1. The first-order chi connectivity index (χ1) is 17.9. The lowest BCUT2D eigenvalue weighted by Crippen LogP contribution is -2.41. The van der Waals surface area contributed by atoms with Crippen LogP contribution in [0, 0.1) is 11.7 Å². The predicted molar refractivity (Wildman–Crippen MR) is 129 cm³/mol. The third-order valence-electron chi connectivity index (χ3n) is 7.15. The number of hydrogen-bond acceptors (Lipinski definition) is 8. The first-order valence-electron chi connectivity index (χ1n) is 12.1. The van der Waals surface area contributed by atoms with Gasteiger partial charge in [0.05, 0.1) is 18.7 Å². The molecule has 1 amide bonds. The second-order valence-electron chi connectivity index (χ2n) is 9.28. The highest BCUT2D eigenvalue weighted by molar-refractivity contribution is 5.86. The number of halogens is 1. The van der Waals surface area contributed by atoms with E-state index in [2.05, 4.69) is 10.9 Å². The number of nitrogens with one attached hydrogen (secondary N) is 2. The maximum absolute atomic E-state index is 14.2. The van der Waals surface area contributed by atoms with E-state index in [0.717, 1.165) is 11.1 Å². The highest BCUT2D eigenvalue weighted by Crippen LogP contribution is 2.50. The lowest BCUT2D eigenvalue weighted by molar-refractivity contribution is -0.131. The van der Waals surface area contributed by atoms with E-state index in [1.54, 1.807) is 23.1 Å². The largest absolute Gasteiger partial charge is 0.508 e. The van der Waals surface area contributed by atoms with Gasteiger partial charge in [-0.25, -0.2) is 15.2 Å². The number of likely N-dealkylation sites (tertiary alicyclic amines) is 1. The molecule has 4 atom stereocenters. The molecule has 3 aliphatic rings. The second kappa shape index (κ2) is 9.13. The normalized spacial score (nSPS) is 23.9. The zero-order valence-electron chi connectivity index (χ0n) is 20.0. The fourth-order valence-electron chi connectivity index (χ4n) is 5.54. The standard InChI is InChI=1S/C27H26FN3O6/c1-2-35-21-10-15(4-6-19(21)33)26-23-24(17-11-16(28)5-7-18(17)32)29-30-25(23)27(34)31(26)12-14-3-8-20-22(9-14)37-13-36-20/h3-11,23-26,29-30,32-33H,2,12-13H2,1H3. The summed E-state index contributed by atoms with van der Waals surface area (Å²) in [5.41, 5.74) is 8.12. The number of benzene rings is 3. The van der Waals surface area contributed by atoms with E-state index in [9.17, 15) is 19.4 Å². The summed E-state index contributed by atoms with van der Waals surface area (Å²) in [6.45, 7) is 2.61. The highest BCUT2D eigenvalue weighted by Gasteiger charge is 2.56. The number of hydrazine groups is 1. The summed E-state index contributed by atoms with van der Waals surface area (Å²) in [5.74, 6) is 0.460. The monoisotopic (exact) mass is 507 g/mol. The number of hydrogen-bond donors (Lipinski definition) is 4. The molecule has 10 heteroatoms. The summed E-state index contributed by atoms with van der Waals surface area (Å²) in [6.07, 6.45) is 0. The van der Waals surface area contributed by atoms with Gasteiger partial charge in [-0.3, -0.25) is 4.79 Å². The Bertz CT molecular complexity index is 1370. The average Bonchev–Trinajstić information content (AvgIpc) is 3.59. The molecule has 3 aromatic carbocycles. The molecule has 3 aliphatic heterocycles. The molecular formula is C27H26FN3O6. The molecule has 3 heterocycles. The zero-order chi connectivity index (χ0) is 25.7. The first-order valence-corrected chi connectivity index (χ1v) is 12.1. The molecule has 0 radical (unpaired) electrons. The van der Waals surface area contributed by atoms with Crippen molar-refractivity contribution in [3.05, 3.63) is 77.1 Å². The minimum Gasteiger partial charge on any atom is -0.508 e. The molecule has 192 valence electrons. The molecule has 0 aromatic heterocycles. The molecule has 0 bridgehead atoms. The average molecular weight is 508 g/mol. The van der Waals surface area contributed by atoms with Gasteiger partial charge in [0.1, 0.15) is 17.6 Å². The number of fused-ring (bicyclic) bond motifs is 2. The van der Waals surface area contributed by atoms with Crippen LogP contribution >= 0.6 is 0 Å². The van der Waals surface area contributed by atoms with Crippen molar-refractivity contribution in [2.75, 3.05) is 13.4 Å². The van der Waals surface area contributed by atoms with Gasteiger partial charge < -0.3 is 29.3 Å². The van der Waals surface area contributed by atoms with Crippen LogP contribution < -0.4 is 25.1 Å². The van der Waals surface area contributed by atoms with Crippen LogP contribution in [0.15, 0.2) is 54.6 Å². The van der Waals surface area contributed by atoms with E-state index in [4.69, 9.17) is 14.2 Å². The quantitative estimate of drug-likeness (QED) is 0.402. The van der Waals surface area contributed by atoms with Crippen molar-refractivity contribution in [1.29, 1.82) is 0 Å². The van der Waals surface area contributed by atoms with Crippen LogP contribution in [-0.4, -0.2) is 40.5 Å². The topological polar surface area (TPSA) is 113 Å². The summed E-state index contributed by atoms with van der Waals surface area (Å²) >= 11 is 0. The van der Waals surface area contributed by atoms with Crippen LogP contribution in [0.2, 0.25) is 0 Å². The van der Waals surface area contributed by atoms with Gasteiger partial charge in [0.15, 0.2) is 23.0 Å². The SMILES string of the molecule is CCOc1cc(C2C3C(NNC3c3cc(F)ccc3O)C(=O)N2Cc2ccc3c(c2)OCO3)ccc1O. The highest BCUT2D eigenvalue weighted by atomic mass is 19.1. The molecule has 0 spiro atoms. The number of phenols is 2. The van der Waals surface area contributed by atoms with Crippen LogP contribution in [-0.2, 0) is 11.3 Å². The van der Waals surface area contributed by atoms with E-state index in [-0.39, 0.29) is 30.7 Å². The van der Waals surface area contributed by atoms with Crippen molar-refractivity contribution >= 4 is 5.91 Å². The summed E-state index contributed by atoms with van der Waals surface area (Å²) in [7, 11) is 0. The molecule has 3 aromatic rings. The number of ether oxygens (including phenoxy) is 3. The van der Waals surface area contributed by atoms with Crippen LogP contribution in [0.4, 0.5) is 4.39 Å². The number of carbonyl (C=O) groups excluding carboxylic acids is 1. The Labute approximate surface area is 212 Å². The maximum atomic E-state index is 14.2. The fourth-order valence-corrected chi connectivity index (χ4v) is 5.54. The zero-order valence-corrected chi connectivity index (χ0v) is 20.0. The van der Waals surface area contributed by atoms with Crippen molar-refractivity contribution in [3.8, 4) is 28.7 Å². The lowest BCUT2D eigenvalue weighted by atomic mass is 9.83. The molecular weight excluding hydrogens is 481 g/mol.